The Morgan fingerprint density at radius 2 is 1.76 bits per heavy atom. The summed E-state index contributed by atoms with van der Waals surface area (Å²) in [6.07, 6.45) is 3.84. The van der Waals surface area contributed by atoms with Gasteiger partial charge in [-0.25, -0.2) is 4.98 Å². The van der Waals surface area contributed by atoms with Gasteiger partial charge in [-0.1, -0.05) is 0 Å². The topological polar surface area (TPSA) is 48.8 Å². The molecule has 6 heteroatoms. The number of methoxy groups -OCH3 is 1. The van der Waals surface area contributed by atoms with E-state index in [1.165, 1.54) is 0 Å². The summed E-state index contributed by atoms with van der Waals surface area (Å²) in [5.41, 5.74) is 0. The van der Waals surface area contributed by atoms with Crippen molar-refractivity contribution in [2.45, 2.75) is 26.9 Å². The number of ether oxygens (including phenoxy) is 3. The van der Waals surface area contributed by atoms with Crippen LogP contribution in [0.4, 0.5) is 0 Å². The summed E-state index contributed by atoms with van der Waals surface area (Å²) in [4.78, 5) is 6.77. The van der Waals surface area contributed by atoms with Crippen molar-refractivity contribution in [1.29, 1.82) is 0 Å². The Morgan fingerprint density at radius 1 is 1.10 bits per heavy atom. The zero-order valence-corrected chi connectivity index (χ0v) is 13.6. The lowest BCUT2D eigenvalue weighted by Gasteiger charge is -2.22. The first-order chi connectivity index (χ1) is 10.3. The van der Waals surface area contributed by atoms with Gasteiger partial charge in [0.1, 0.15) is 5.82 Å². The summed E-state index contributed by atoms with van der Waals surface area (Å²) in [6, 6.07) is 0. The van der Waals surface area contributed by atoms with E-state index in [-0.39, 0.29) is 0 Å². The van der Waals surface area contributed by atoms with Gasteiger partial charge < -0.3 is 18.8 Å². The molecule has 0 fully saturated rings. The van der Waals surface area contributed by atoms with Crippen LogP contribution in [0.15, 0.2) is 12.4 Å². The highest BCUT2D eigenvalue weighted by molar-refractivity contribution is 4.92. The molecule has 21 heavy (non-hydrogen) atoms. The van der Waals surface area contributed by atoms with Crippen molar-refractivity contribution in [2.75, 3.05) is 53.2 Å². The smallest absolute Gasteiger partial charge is 0.122 e. The quantitative estimate of drug-likeness (QED) is 0.515. The molecule has 0 aliphatic rings. The van der Waals surface area contributed by atoms with Crippen LogP contribution in [0.5, 0.6) is 0 Å². The molecule has 0 atom stereocenters. The van der Waals surface area contributed by atoms with Crippen LogP contribution in [0, 0.1) is 0 Å². The van der Waals surface area contributed by atoms with Crippen LogP contribution in [0.3, 0.4) is 0 Å². The first kappa shape index (κ1) is 18.1. The summed E-state index contributed by atoms with van der Waals surface area (Å²) in [7, 11) is 1.72. The highest BCUT2D eigenvalue weighted by atomic mass is 16.5. The molecule has 0 amide bonds. The first-order valence-corrected chi connectivity index (χ1v) is 7.68. The summed E-state index contributed by atoms with van der Waals surface area (Å²) in [5, 5.41) is 0. The fraction of sp³-hybridized carbons (Fsp3) is 0.800. The number of hydrogen-bond acceptors (Lipinski definition) is 5. The van der Waals surface area contributed by atoms with Gasteiger partial charge in [-0.05, 0) is 13.8 Å². The Hall–Kier alpha value is -0.950. The highest BCUT2D eigenvalue weighted by Crippen LogP contribution is 2.04. The van der Waals surface area contributed by atoms with E-state index in [0.29, 0.717) is 6.61 Å². The van der Waals surface area contributed by atoms with Crippen LogP contribution in [-0.2, 0) is 27.3 Å². The van der Waals surface area contributed by atoms with Gasteiger partial charge in [-0.15, -0.1) is 0 Å². The molecule has 0 aromatic carbocycles. The second-order valence-electron chi connectivity index (χ2n) is 4.70. The van der Waals surface area contributed by atoms with Crippen LogP contribution in [0.2, 0.25) is 0 Å². The monoisotopic (exact) mass is 299 g/mol. The zero-order chi connectivity index (χ0) is 15.3. The van der Waals surface area contributed by atoms with Gasteiger partial charge in [0.05, 0.1) is 26.4 Å². The standard InChI is InChI=1S/C15H29N3O3/c1-4-20-12-8-17(9-13-21-5-2)14-15-16-6-7-18(15)10-11-19-3/h6-7H,4-5,8-14H2,1-3H3. The first-order valence-electron chi connectivity index (χ1n) is 7.68. The van der Waals surface area contributed by atoms with Gasteiger partial charge >= 0.3 is 0 Å². The molecule has 6 nitrogen and oxygen atoms in total. The number of hydrogen-bond donors (Lipinski definition) is 0. The van der Waals surface area contributed by atoms with Crippen molar-refractivity contribution < 1.29 is 14.2 Å². The lowest BCUT2D eigenvalue weighted by molar-refractivity contribution is 0.0779. The normalized spacial score (nSPS) is 11.4. The lowest BCUT2D eigenvalue weighted by atomic mass is 10.4. The molecule has 0 saturated carbocycles. The summed E-state index contributed by atoms with van der Waals surface area (Å²) in [5.74, 6) is 1.06. The van der Waals surface area contributed by atoms with E-state index in [4.69, 9.17) is 14.2 Å². The third kappa shape index (κ3) is 7.57. The minimum Gasteiger partial charge on any atom is -0.383 e. The van der Waals surface area contributed by atoms with Crippen molar-refractivity contribution in [1.82, 2.24) is 14.5 Å². The van der Waals surface area contributed by atoms with Gasteiger partial charge in [0, 0.05) is 52.4 Å². The zero-order valence-electron chi connectivity index (χ0n) is 13.6. The molecule has 1 heterocycles. The number of nitrogens with zero attached hydrogens (tertiary/aromatic N) is 3. The molecule has 0 aliphatic heterocycles. The third-order valence-electron chi connectivity index (χ3n) is 3.22. The van der Waals surface area contributed by atoms with E-state index < -0.39 is 0 Å². The van der Waals surface area contributed by atoms with E-state index >= 15 is 0 Å². The Kier molecular flexibility index (Phi) is 10.1. The molecule has 0 N–H and O–H groups in total. The maximum atomic E-state index is 5.45. The molecule has 0 radical (unpaired) electrons. The molecule has 0 unspecified atom stereocenters. The average Bonchev–Trinajstić information content (AvgIpc) is 2.92. The average molecular weight is 299 g/mol. The summed E-state index contributed by atoms with van der Waals surface area (Å²) >= 11 is 0. The van der Waals surface area contributed by atoms with Gasteiger partial charge in [0.25, 0.3) is 0 Å². The fourth-order valence-corrected chi connectivity index (χ4v) is 2.03. The molecule has 0 saturated heterocycles. The largest absolute Gasteiger partial charge is 0.383 e. The second kappa shape index (κ2) is 11.7. The minimum atomic E-state index is 0.696. The van der Waals surface area contributed by atoms with Gasteiger partial charge in [-0.2, -0.15) is 0 Å². The van der Waals surface area contributed by atoms with Crippen molar-refractivity contribution in [2.24, 2.45) is 0 Å². The maximum absolute atomic E-state index is 5.45. The molecule has 1 aromatic rings. The second-order valence-corrected chi connectivity index (χ2v) is 4.70. The predicted octanol–water partition coefficient (Wildman–Crippen LogP) is 1.40. The number of imidazole rings is 1. The summed E-state index contributed by atoms with van der Waals surface area (Å²) in [6.45, 7) is 11.1. The molecule has 122 valence electrons. The molecule has 1 rings (SSSR count). The molecule has 0 spiro atoms. The van der Waals surface area contributed by atoms with Crippen LogP contribution < -0.4 is 0 Å². The maximum Gasteiger partial charge on any atom is 0.122 e. The highest BCUT2D eigenvalue weighted by Gasteiger charge is 2.10. The third-order valence-corrected chi connectivity index (χ3v) is 3.22. The van der Waals surface area contributed by atoms with E-state index in [9.17, 15) is 0 Å². The van der Waals surface area contributed by atoms with Crippen LogP contribution in [0.25, 0.3) is 0 Å². The van der Waals surface area contributed by atoms with Crippen LogP contribution >= 0.6 is 0 Å². The van der Waals surface area contributed by atoms with Crippen molar-refractivity contribution >= 4 is 0 Å². The Morgan fingerprint density at radius 3 is 2.33 bits per heavy atom. The fourth-order valence-electron chi connectivity index (χ4n) is 2.03. The molecule has 0 aliphatic carbocycles. The van der Waals surface area contributed by atoms with Gasteiger partial charge in [0.15, 0.2) is 0 Å². The minimum absolute atomic E-state index is 0.696. The van der Waals surface area contributed by atoms with E-state index in [2.05, 4.69) is 14.5 Å². The number of aromatic nitrogens is 2. The van der Waals surface area contributed by atoms with Gasteiger partial charge in [-0.3, -0.25) is 4.90 Å². The van der Waals surface area contributed by atoms with E-state index in [0.717, 1.165) is 58.4 Å². The van der Waals surface area contributed by atoms with Crippen molar-refractivity contribution in [3.8, 4) is 0 Å². The van der Waals surface area contributed by atoms with Crippen molar-refractivity contribution in [3.05, 3.63) is 18.2 Å². The van der Waals surface area contributed by atoms with Gasteiger partial charge in [0.2, 0.25) is 0 Å². The SMILES string of the molecule is CCOCCN(CCOCC)Cc1nccn1CCOC. The Bertz CT molecular complexity index is 348. The van der Waals surface area contributed by atoms with Crippen LogP contribution in [-0.4, -0.2) is 67.7 Å². The number of rotatable bonds is 13. The van der Waals surface area contributed by atoms with E-state index in [1.54, 1.807) is 7.11 Å². The van der Waals surface area contributed by atoms with Crippen LogP contribution in [0.1, 0.15) is 19.7 Å². The molecular formula is C15H29N3O3. The molecular weight excluding hydrogens is 270 g/mol. The lowest BCUT2D eigenvalue weighted by Crippen LogP contribution is -2.32. The predicted molar refractivity (Wildman–Crippen MR) is 82.4 cm³/mol. The molecule has 1 aromatic heterocycles. The van der Waals surface area contributed by atoms with Crippen molar-refractivity contribution in [3.63, 3.8) is 0 Å². The summed E-state index contributed by atoms with van der Waals surface area (Å²) < 4.78 is 18.2. The van der Waals surface area contributed by atoms with E-state index in [1.807, 2.05) is 26.2 Å². The Labute approximate surface area is 128 Å². The molecule has 0 bridgehead atoms. The Balaban J connectivity index is 2.50.